The van der Waals surface area contributed by atoms with Crippen molar-refractivity contribution >= 4 is 16.5 Å². The summed E-state index contributed by atoms with van der Waals surface area (Å²) in [4.78, 5) is 8.87. The molecule has 3 nitrogen and oxygen atoms in total. The molecule has 0 aliphatic carbocycles. The second-order valence-electron chi connectivity index (χ2n) is 6.77. The lowest BCUT2D eigenvalue weighted by Gasteiger charge is -2.18. The van der Waals surface area contributed by atoms with Crippen molar-refractivity contribution in [2.75, 3.05) is 24.5 Å². The van der Waals surface area contributed by atoms with Crippen molar-refractivity contribution in [1.29, 1.82) is 0 Å². The zero-order valence-corrected chi connectivity index (χ0v) is 14.9. The van der Waals surface area contributed by atoms with Crippen molar-refractivity contribution < 1.29 is 0 Å². The van der Waals surface area contributed by atoms with E-state index in [-0.39, 0.29) is 0 Å². The molecule has 21 heavy (non-hydrogen) atoms. The van der Waals surface area contributed by atoms with Gasteiger partial charge in [0.15, 0.2) is 5.13 Å². The van der Waals surface area contributed by atoms with Crippen LogP contribution < -0.4 is 10.2 Å². The Morgan fingerprint density at radius 3 is 2.86 bits per heavy atom. The van der Waals surface area contributed by atoms with Crippen LogP contribution in [0.5, 0.6) is 0 Å². The molecule has 2 heterocycles. The van der Waals surface area contributed by atoms with Crippen molar-refractivity contribution in [2.45, 2.75) is 59.9 Å². The summed E-state index contributed by atoms with van der Waals surface area (Å²) in [5, 5.41) is 4.82. The SMILES string of the molecule is CCc1nc(N2CCCC(C)CC2)sc1CNCC(C)C. The molecular weight excluding hydrogens is 278 g/mol. The largest absolute Gasteiger partial charge is 0.348 e. The Kier molecular flexibility index (Phi) is 6.49. The lowest BCUT2D eigenvalue weighted by molar-refractivity contribution is 0.521. The molecule has 0 aromatic carbocycles. The van der Waals surface area contributed by atoms with Gasteiger partial charge in [-0.25, -0.2) is 4.98 Å². The van der Waals surface area contributed by atoms with Gasteiger partial charge in [0.25, 0.3) is 0 Å². The van der Waals surface area contributed by atoms with Crippen LogP contribution >= 0.6 is 11.3 Å². The third-order valence-electron chi connectivity index (χ3n) is 4.23. The third kappa shape index (κ3) is 4.96. The fourth-order valence-corrected chi connectivity index (χ4v) is 4.02. The molecule has 1 unspecified atom stereocenters. The van der Waals surface area contributed by atoms with Gasteiger partial charge in [0.05, 0.1) is 5.69 Å². The number of aromatic nitrogens is 1. The van der Waals surface area contributed by atoms with Gasteiger partial charge in [-0.1, -0.05) is 27.7 Å². The molecule has 0 amide bonds. The number of nitrogens with zero attached hydrogens (tertiary/aromatic N) is 2. The van der Waals surface area contributed by atoms with E-state index in [0.717, 1.165) is 25.4 Å². The summed E-state index contributed by atoms with van der Waals surface area (Å²) in [5.41, 5.74) is 1.29. The van der Waals surface area contributed by atoms with Crippen molar-refractivity contribution in [1.82, 2.24) is 10.3 Å². The lowest BCUT2D eigenvalue weighted by Crippen LogP contribution is -2.23. The first-order valence-corrected chi connectivity index (χ1v) is 9.36. The molecule has 1 aliphatic heterocycles. The van der Waals surface area contributed by atoms with Crippen LogP contribution in [0.1, 0.15) is 57.5 Å². The van der Waals surface area contributed by atoms with E-state index in [2.05, 4.69) is 37.9 Å². The highest BCUT2D eigenvalue weighted by atomic mass is 32.1. The van der Waals surface area contributed by atoms with Crippen LogP contribution in [0.15, 0.2) is 0 Å². The fourth-order valence-electron chi connectivity index (χ4n) is 2.85. The summed E-state index contributed by atoms with van der Waals surface area (Å²) >= 11 is 1.91. The zero-order valence-electron chi connectivity index (χ0n) is 14.1. The van der Waals surface area contributed by atoms with Crippen molar-refractivity contribution in [3.63, 3.8) is 0 Å². The maximum absolute atomic E-state index is 4.92. The standard InChI is InChI=1S/C17H31N3S/c1-5-15-16(12-18-11-13(2)3)21-17(19-15)20-9-6-7-14(4)8-10-20/h13-14,18H,5-12H2,1-4H3. The van der Waals surface area contributed by atoms with Crippen molar-refractivity contribution in [2.24, 2.45) is 11.8 Å². The fraction of sp³-hybridized carbons (Fsp3) is 0.824. The zero-order chi connectivity index (χ0) is 15.2. The molecule has 0 radical (unpaired) electrons. The van der Waals surface area contributed by atoms with Crippen LogP contribution in [0, 0.1) is 11.8 Å². The van der Waals surface area contributed by atoms with Gasteiger partial charge in [-0.3, -0.25) is 0 Å². The Hall–Kier alpha value is -0.610. The maximum atomic E-state index is 4.92. The van der Waals surface area contributed by atoms with E-state index >= 15 is 0 Å². The molecule has 0 bridgehead atoms. The summed E-state index contributed by atoms with van der Waals surface area (Å²) in [6, 6.07) is 0. The minimum Gasteiger partial charge on any atom is -0.348 e. The predicted octanol–water partition coefficient (Wildman–Crippen LogP) is 4.08. The minimum absolute atomic E-state index is 0.703. The van der Waals surface area contributed by atoms with Crippen molar-refractivity contribution in [3.8, 4) is 0 Å². The molecular formula is C17H31N3S. The van der Waals surface area contributed by atoms with Gasteiger partial charge in [0, 0.05) is 24.5 Å². The van der Waals surface area contributed by atoms with Crippen molar-refractivity contribution in [3.05, 3.63) is 10.6 Å². The third-order valence-corrected chi connectivity index (χ3v) is 5.39. The normalized spacial score (nSPS) is 20.0. The quantitative estimate of drug-likeness (QED) is 0.858. The molecule has 0 saturated carbocycles. The van der Waals surface area contributed by atoms with Crippen LogP contribution in [0.4, 0.5) is 5.13 Å². The van der Waals surface area contributed by atoms with Crippen LogP contribution in [-0.2, 0) is 13.0 Å². The number of thiazole rings is 1. The van der Waals surface area contributed by atoms with E-state index in [1.807, 2.05) is 11.3 Å². The highest BCUT2D eigenvalue weighted by Gasteiger charge is 2.18. The molecule has 4 heteroatoms. The monoisotopic (exact) mass is 309 g/mol. The second-order valence-corrected chi connectivity index (χ2v) is 7.83. The van der Waals surface area contributed by atoms with Gasteiger partial charge in [-0.15, -0.1) is 11.3 Å². The molecule has 1 atom stereocenters. The molecule has 120 valence electrons. The van der Waals surface area contributed by atoms with Gasteiger partial charge in [0.2, 0.25) is 0 Å². The summed E-state index contributed by atoms with van der Waals surface area (Å²) < 4.78 is 0. The number of anilines is 1. The molecule has 1 N–H and O–H groups in total. The Morgan fingerprint density at radius 1 is 1.33 bits per heavy atom. The summed E-state index contributed by atoms with van der Waals surface area (Å²) in [5.74, 6) is 1.57. The molecule has 1 saturated heterocycles. The average Bonchev–Trinajstić information content (AvgIpc) is 2.72. The topological polar surface area (TPSA) is 28.2 Å². The highest BCUT2D eigenvalue weighted by molar-refractivity contribution is 7.15. The first-order valence-electron chi connectivity index (χ1n) is 8.54. The van der Waals surface area contributed by atoms with E-state index in [1.54, 1.807) is 0 Å². The average molecular weight is 310 g/mol. The maximum Gasteiger partial charge on any atom is 0.185 e. The molecule has 1 aromatic rings. The Labute approximate surface area is 134 Å². The van der Waals surface area contributed by atoms with E-state index in [4.69, 9.17) is 4.98 Å². The van der Waals surface area contributed by atoms with Gasteiger partial charge >= 0.3 is 0 Å². The summed E-state index contributed by atoms with van der Waals surface area (Å²) in [7, 11) is 0. The number of hydrogen-bond donors (Lipinski definition) is 1. The predicted molar refractivity (Wildman–Crippen MR) is 93.3 cm³/mol. The Morgan fingerprint density at radius 2 is 2.14 bits per heavy atom. The van der Waals surface area contributed by atoms with Gasteiger partial charge < -0.3 is 10.2 Å². The Balaban J connectivity index is 2.01. The number of nitrogens with one attached hydrogen (secondary N) is 1. The van der Waals surface area contributed by atoms with Crippen LogP contribution in [0.25, 0.3) is 0 Å². The van der Waals surface area contributed by atoms with Crippen LogP contribution in [0.3, 0.4) is 0 Å². The van der Waals surface area contributed by atoms with E-state index in [1.165, 1.54) is 48.1 Å². The number of rotatable bonds is 6. The number of aryl methyl sites for hydroxylation is 1. The van der Waals surface area contributed by atoms with Gasteiger partial charge in [-0.05, 0) is 44.1 Å². The lowest BCUT2D eigenvalue weighted by atomic mass is 10.0. The van der Waals surface area contributed by atoms with Gasteiger partial charge in [-0.2, -0.15) is 0 Å². The van der Waals surface area contributed by atoms with E-state index in [9.17, 15) is 0 Å². The molecule has 2 rings (SSSR count). The molecule has 1 aliphatic rings. The van der Waals surface area contributed by atoms with E-state index in [0.29, 0.717) is 5.92 Å². The minimum atomic E-state index is 0.703. The van der Waals surface area contributed by atoms with Crippen LogP contribution in [-0.4, -0.2) is 24.6 Å². The first-order chi connectivity index (χ1) is 10.1. The Bertz CT molecular complexity index is 428. The smallest absolute Gasteiger partial charge is 0.185 e. The summed E-state index contributed by atoms with van der Waals surface area (Å²) in [6.45, 7) is 13.5. The number of hydrogen-bond acceptors (Lipinski definition) is 4. The summed E-state index contributed by atoms with van der Waals surface area (Å²) in [6.07, 6.45) is 5.02. The molecule has 1 fully saturated rings. The molecule has 0 spiro atoms. The van der Waals surface area contributed by atoms with Gasteiger partial charge in [0.1, 0.15) is 0 Å². The molecule has 1 aromatic heterocycles. The highest BCUT2D eigenvalue weighted by Crippen LogP contribution is 2.29. The first kappa shape index (κ1) is 16.8. The van der Waals surface area contributed by atoms with E-state index < -0.39 is 0 Å². The second kappa shape index (κ2) is 8.14. The van der Waals surface area contributed by atoms with Crippen LogP contribution in [0.2, 0.25) is 0 Å².